The van der Waals surface area contributed by atoms with Gasteiger partial charge in [-0.1, -0.05) is 28.1 Å². The second kappa shape index (κ2) is 11.4. The summed E-state index contributed by atoms with van der Waals surface area (Å²) < 4.78 is 5.86. The van der Waals surface area contributed by atoms with Crippen molar-refractivity contribution in [2.45, 2.75) is 6.92 Å². The number of ether oxygens (including phenoxy) is 1. The third-order valence-corrected chi connectivity index (χ3v) is 4.87. The van der Waals surface area contributed by atoms with Crippen LogP contribution in [0.15, 0.2) is 65.4 Å². The van der Waals surface area contributed by atoms with Gasteiger partial charge in [0.15, 0.2) is 0 Å². The van der Waals surface area contributed by atoms with Crippen LogP contribution in [0, 0.1) is 0 Å². The van der Waals surface area contributed by atoms with Crippen LogP contribution >= 0.6 is 15.9 Å². The van der Waals surface area contributed by atoms with Gasteiger partial charge in [-0.25, -0.2) is 9.97 Å². The van der Waals surface area contributed by atoms with E-state index in [2.05, 4.69) is 36.5 Å². The summed E-state index contributed by atoms with van der Waals surface area (Å²) in [6, 6.07) is 13.2. The molecule has 0 atom stereocenters. The fourth-order valence-corrected chi connectivity index (χ4v) is 3.35. The minimum absolute atomic E-state index is 0.165. The van der Waals surface area contributed by atoms with Crippen molar-refractivity contribution >= 4 is 55.9 Å². The van der Waals surface area contributed by atoms with Gasteiger partial charge < -0.3 is 15.4 Å². The van der Waals surface area contributed by atoms with Gasteiger partial charge in [-0.2, -0.15) is 0 Å². The highest BCUT2D eigenvalue weighted by Gasteiger charge is 2.08. The summed E-state index contributed by atoms with van der Waals surface area (Å²) in [5, 5.41) is 6.91. The fourth-order valence-electron chi connectivity index (χ4n) is 2.95. The number of benzene rings is 2. The van der Waals surface area contributed by atoms with E-state index in [9.17, 15) is 9.59 Å². The van der Waals surface area contributed by atoms with Crippen molar-refractivity contribution in [3.05, 3.63) is 65.4 Å². The number of amides is 1. The SMILES string of the molecule is CCOC(=O)CN(C)CC=CC(=O)Nc1ccc2ncnc(Nc3cccc(Br)c3)c2c1. The molecule has 0 aliphatic rings. The third kappa shape index (κ3) is 6.86. The Bertz CT molecular complexity index is 1140. The minimum atomic E-state index is -0.293. The molecule has 0 aliphatic carbocycles. The minimum Gasteiger partial charge on any atom is -0.465 e. The molecule has 0 spiro atoms. The molecule has 0 saturated carbocycles. The largest absolute Gasteiger partial charge is 0.465 e. The van der Waals surface area contributed by atoms with Gasteiger partial charge in [0, 0.05) is 33.9 Å². The second-order valence-corrected chi connectivity index (χ2v) is 7.90. The summed E-state index contributed by atoms with van der Waals surface area (Å²) in [5.74, 6) is 0.0751. The average molecular weight is 498 g/mol. The van der Waals surface area contributed by atoms with Gasteiger partial charge in [-0.05, 0) is 50.4 Å². The Morgan fingerprint density at radius 2 is 2.00 bits per heavy atom. The van der Waals surface area contributed by atoms with Crippen LogP contribution in [0.1, 0.15) is 6.92 Å². The van der Waals surface area contributed by atoms with E-state index in [0.29, 0.717) is 24.7 Å². The molecule has 0 bridgehead atoms. The van der Waals surface area contributed by atoms with E-state index in [1.54, 1.807) is 31.0 Å². The van der Waals surface area contributed by atoms with Crippen molar-refractivity contribution in [1.29, 1.82) is 0 Å². The number of halogens is 1. The standard InChI is InChI=1S/C23H24BrN5O3/c1-3-32-22(31)14-29(2)11-5-8-21(30)27-18-9-10-20-19(13-18)23(26-15-25-20)28-17-7-4-6-16(24)12-17/h4-10,12-13,15H,3,11,14H2,1-2H3,(H,27,30)(H,25,26,28). The molecule has 8 nitrogen and oxygen atoms in total. The monoisotopic (exact) mass is 497 g/mol. The highest BCUT2D eigenvalue weighted by atomic mass is 79.9. The third-order valence-electron chi connectivity index (χ3n) is 4.38. The maximum Gasteiger partial charge on any atom is 0.320 e. The summed E-state index contributed by atoms with van der Waals surface area (Å²) in [6.45, 7) is 2.72. The lowest BCUT2D eigenvalue weighted by Gasteiger charge is -2.12. The molecule has 1 heterocycles. The van der Waals surface area contributed by atoms with E-state index >= 15 is 0 Å². The van der Waals surface area contributed by atoms with E-state index in [-0.39, 0.29) is 18.4 Å². The molecule has 1 amide bonds. The molecule has 0 fully saturated rings. The number of anilines is 3. The van der Waals surface area contributed by atoms with Gasteiger partial charge >= 0.3 is 5.97 Å². The zero-order valence-electron chi connectivity index (χ0n) is 17.8. The number of aromatic nitrogens is 2. The first-order chi connectivity index (χ1) is 15.4. The van der Waals surface area contributed by atoms with Gasteiger partial charge in [-0.15, -0.1) is 0 Å². The average Bonchev–Trinajstić information content (AvgIpc) is 2.74. The molecule has 3 aromatic rings. The number of likely N-dealkylation sites (N-methyl/N-ethyl adjacent to an activating group) is 1. The number of carbonyl (C=O) groups is 2. The van der Waals surface area contributed by atoms with Crippen molar-refractivity contribution in [2.24, 2.45) is 0 Å². The Morgan fingerprint density at radius 1 is 1.16 bits per heavy atom. The number of fused-ring (bicyclic) bond motifs is 1. The quantitative estimate of drug-likeness (QED) is 0.338. The first-order valence-electron chi connectivity index (χ1n) is 10.0. The van der Waals surface area contributed by atoms with Crippen LogP contribution in [-0.2, 0) is 14.3 Å². The zero-order chi connectivity index (χ0) is 22.9. The second-order valence-electron chi connectivity index (χ2n) is 6.98. The Kier molecular flexibility index (Phi) is 8.29. The normalized spacial score (nSPS) is 11.1. The molecular formula is C23H24BrN5O3. The zero-order valence-corrected chi connectivity index (χ0v) is 19.4. The molecule has 0 aliphatic heterocycles. The number of rotatable bonds is 9. The molecule has 9 heteroatoms. The topological polar surface area (TPSA) is 96.5 Å². The van der Waals surface area contributed by atoms with E-state index in [4.69, 9.17) is 4.74 Å². The van der Waals surface area contributed by atoms with Crippen molar-refractivity contribution in [3.63, 3.8) is 0 Å². The lowest BCUT2D eigenvalue weighted by atomic mass is 10.2. The van der Waals surface area contributed by atoms with E-state index in [0.717, 1.165) is 21.1 Å². The molecule has 2 N–H and O–H groups in total. The first-order valence-corrected chi connectivity index (χ1v) is 10.8. The predicted molar refractivity (Wildman–Crippen MR) is 129 cm³/mol. The first kappa shape index (κ1) is 23.4. The smallest absolute Gasteiger partial charge is 0.320 e. The van der Waals surface area contributed by atoms with E-state index in [1.807, 2.05) is 36.4 Å². The molecule has 166 valence electrons. The van der Waals surface area contributed by atoms with Crippen molar-refractivity contribution in [3.8, 4) is 0 Å². The maximum absolute atomic E-state index is 12.3. The summed E-state index contributed by atoms with van der Waals surface area (Å²) in [4.78, 5) is 34.2. The molecule has 0 saturated heterocycles. The number of nitrogens with zero attached hydrogens (tertiary/aromatic N) is 3. The molecule has 2 aromatic carbocycles. The molecule has 32 heavy (non-hydrogen) atoms. The highest BCUT2D eigenvalue weighted by molar-refractivity contribution is 9.10. The summed E-state index contributed by atoms with van der Waals surface area (Å²) in [5.41, 5.74) is 2.26. The molecule has 3 rings (SSSR count). The number of carbonyl (C=O) groups excluding carboxylic acids is 2. The van der Waals surface area contributed by atoms with Crippen molar-refractivity contribution in [2.75, 3.05) is 37.4 Å². The summed E-state index contributed by atoms with van der Waals surface area (Å²) in [6.07, 6.45) is 4.63. The predicted octanol–water partition coefficient (Wildman–Crippen LogP) is 4.13. The molecular weight excluding hydrogens is 474 g/mol. The van der Waals surface area contributed by atoms with Crippen LogP contribution in [-0.4, -0.2) is 53.5 Å². The lowest BCUT2D eigenvalue weighted by molar-refractivity contribution is -0.143. The van der Waals surface area contributed by atoms with Gasteiger partial charge in [-0.3, -0.25) is 14.5 Å². The summed E-state index contributed by atoms with van der Waals surface area (Å²) >= 11 is 3.46. The van der Waals surface area contributed by atoms with Crippen LogP contribution in [0.2, 0.25) is 0 Å². The molecule has 0 radical (unpaired) electrons. The number of hydrogen-bond acceptors (Lipinski definition) is 7. The Balaban J connectivity index is 1.66. The Labute approximate surface area is 194 Å². The number of esters is 1. The lowest BCUT2D eigenvalue weighted by Crippen LogP contribution is -2.27. The van der Waals surface area contributed by atoms with Gasteiger partial charge in [0.1, 0.15) is 12.1 Å². The van der Waals surface area contributed by atoms with Crippen LogP contribution in [0.4, 0.5) is 17.2 Å². The Hall–Kier alpha value is -3.30. The van der Waals surface area contributed by atoms with Crippen LogP contribution in [0.3, 0.4) is 0 Å². The van der Waals surface area contributed by atoms with Gasteiger partial charge in [0.05, 0.1) is 18.7 Å². The highest BCUT2D eigenvalue weighted by Crippen LogP contribution is 2.26. The molecule has 0 unspecified atom stereocenters. The number of hydrogen-bond donors (Lipinski definition) is 2. The van der Waals surface area contributed by atoms with Crippen molar-refractivity contribution < 1.29 is 14.3 Å². The molecule has 1 aromatic heterocycles. The fraction of sp³-hybridized carbons (Fsp3) is 0.217. The van der Waals surface area contributed by atoms with Gasteiger partial charge in [0.2, 0.25) is 5.91 Å². The van der Waals surface area contributed by atoms with Crippen LogP contribution in [0.5, 0.6) is 0 Å². The maximum atomic E-state index is 12.3. The summed E-state index contributed by atoms with van der Waals surface area (Å²) in [7, 11) is 1.78. The number of nitrogens with one attached hydrogen (secondary N) is 2. The van der Waals surface area contributed by atoms with E-state index < -0.39 is 0 Å². The van der Waals surface area contributed by atoms with Crippen LogP contribution < -0.4 is 10.6 Å². The van der Waals surface area contributed by atoms with Crippen LogP contribution in [0.25, 0.3) is 10.9 Å². The van der Waals surface area contributed by atoms with Gasteiger partial charge in [0.25, 0.3) is 0 Å². The van der Waals surface area contributed by atoms with E-state index in [1.165, 1.54) is 12.4 Å². The van der Waals surface area contributed by atoms with Crippen molar-refractivity contribution in [1.82, 2.24) is 14.9 Å². The Morgan fingerprint density at radius 3 is 2.78 bits per heavy atom.